The summed E-state index contributed by atoms with van der Waals surface area (Å²) in [7, 11) is 0. The van der Waals surface area contributed by atoms with Crippen LogP contribution in [-0.4, -0.2) is 248 Å². The third-order valence-corrected chi connectivity index (χ3v) is 22.5. The number of thioether (sulfide) groups is 3. The highest BCUT2D eigenvalue weighted by Crippen LogP contribution is 2.49. The van der Waals surface area contributed by atoms with Gasteiger partial charge < -0.3 is 115 Å². The zero-order valence-electron chi connectivity index (χ0n) is 54.9. The van der Waals surface area contributed by atoms with E-state index < -0.39 is 310 Å². The standard InChI is InChI=1S/C69H60F12N4O21S3/c70-41-38(42(71)48(77)64(47(41)76)107-33-13-28(90)53(91)54(92)29(14-86)103-33)37-26-10-8-24(84-26)35(39-43(72)49(78)65(50(79)44(39)73)108-68-62(100)59(97)56(94)31(16-88)105-68)22-6-4-20(82-22)34(18-2-1-3-19(12-18)102-67-61(99)58(96)55(93)30(15-87)104-67)21-5-7-23(83-21)36(25-9-11-27(37)85-25)40-45(74)51(80)66(52(81)46(40)75)109-69-63(101)60(98)57(95)32(17-89)106-69/h1-12,28-33,53-63,67-69,82,85-101H,13-17H2/t28-,29-,30?,31?,32?,33?,53?,54?,55-,56-,57-,58?,59?,60?,61?,62?,63?,67-,68+,69+/m1/s1. The Morgan fingerprint density at radius 2 is 0.688 bits per heavy atom. The molecule has 4 saturated heterocycles. The van der Waals surface area contributed by atoms with E-state index in [2.05, 4.69) is 19.9 Å². The minimum absolute atomic E-state index is 0.105. The highest BCUT2D eigenvalue weighted by molar-refractivity contribution is 8.00. The Balaban J connectivity index is 1.11. The monoisotopic (exact) mass is 1600 g/mol. The lowest BCUT2D eigenvalue weighted by atomic mass is 9.99. The summed E-state index contributed by atoms with van der Waals surface area (Å²) in [6, 6.07) is 8.72. The van der Waals surface area contributed by atoms with Crippen LogP contribution in [-0.2, 0) is 18.9 Å². The van der Waals surface area contributed by atoms with Gasteiger partial charge in [0.05, 0.1) is 86.7 Å². The molecule has 13 rings (SSSR count). The molecule has 20 atom stereocenters. The van der Waals surface area contributed by atoms with Gasteiger partial charge >= 0.3 is 0 Å². The zero-order chi connectivity index (χ0) is 78.5. The molecule has 3 aromatic heterocycles. The number of aromatic nitrogens is 4. The van der Waals surface area contributed by atoms with Crippen molar-refractivity contribution in [1.29, 1.82) is 0 Å². The van der Waals surface area contributed by atoms with Crippen LogP contribution in [0.1, 0.15) is 29.2 Å². The number of aromatic amines is 2. The zero-order valence-corrected chi connectivity index (χ0v) is 57.3. The Morgan fingerprint density at radius 1 is 0.358 bits per heavy atom. The van der Waals surface area contributed by atoms with Gasteiger partial charge in [0.1, 0.15) is 114 Å². The molecule has 584 valence electrons. The van der Waals surface area contributed by atoms with E-state index in [9.17, 15) is 81.7 Å². The molecule has 109 heavy (non-hydrogen) atoms. The summed E-state index contributed by atoms with van der Waals surface area (Å²) in [5.41, 5.74) is -20.3. The SMILES string of the molecule is OCC1O[C@@H](Oc2cccc(-c3c4nc(c(-c5c(F)c(F)c(S[C@@H]6OC(CO)[C@@H](O)C(O)C6O)c(F)c5F)c5ccc([nH]5)c(-c5c(F)c(F)c(SC6C[C@@H](O)C(O)C(O)[C@@H](CO)O6)c(F)c5F)c5nc(c(-c6c(F)c(F)c(S[C@@H]7OC(CO)[C@@H](O)C(O)C7O)c(F)c6F)c6ccc3[nH]6)C=C5)C=C4)c2)C(O)C(O)[C@@H]1O. The second-order valence-corrected chi connectivity index (χ2v) is 28.9. The molecular weight excluding hydrogens is 1540 g/mol. The molecule has 4 aromatic carbocycles. The summed E-state index contributed by atoms with van der Waals surface area (Å²) in [4.78, 5) is 9.67. The fourth-order valence-electron chi connectivity index (χ4n) is 13.2. The van der Waals surface area contributed by atoms with Gasteiger partial charge in [-0.15, -0.1) is 0 Å². The number of nitrogens with one attached hydrogen (secondary N) is 2. The third-order valence-electron chi connectivity index (χ3n) is 18.9. The molecule has 8 bridgehead atoms. The number of halogens is 12. The molecule has 0 spiro atoms. The van der Waals surface area contributed by atoms with Crippen LogP contribution in [0.4, 0.5) is 52.7 Å². The van der Waals surface area contributed by atoms with Gasteiger partial charge in [-0.1, -0.05) is 47.4 Å². The van der Waals surface area contributed by atoms with E-state index in [-0.39, 0.29) is 57.7 Å². The Kier molecular flexibility index (Phi) is 23.2. The number of H-pyrrole nitrogens is 2. The maximum atomic E-state index is 17.6. The first-order valence-electron chi connectivity index (χ1n) is 32.6. The average molecular weight is 1610 g/mol. The largest absolute Gasteiger partial charge is 0.462 e. The number of aliphatic hydroxyl groups is 16. The van der Waals surface area contributed by atoms with E-state index in [1.807, 2.05) is 0 Å². The first kappa shape index (κ1) is 79.8. The van der Waals surface area contributed by atoms with Gasteiger partial charge in [0.2, 0.25) is 6.29 Å². The molecule has 18 N–H and O–H groups in total. The first-order valence-corrected chi connectivity index (χ1v) is 35.2. The van der Waals surface area contributed by atoms with Crippen molar-refractivity contribution in [3.8, 4) is 50.3 Å². The lowest BCUT2D eigenvalue weighted by molar-refractivity contribution is -0.277. The maximum Gasteiger partial charge on any atom is 0.229 e. The second-order valence-electron chi connectivity index (χ2n) is 25.5. The normalized spacial score (nSPS) is 29.3. The van der Waals surface area contributed by atoms with Crippen molar-refractivity contribution in [2.45, 2.75) is 141 Å². The predicted molar refractivity (Wildman–Crippen MR) is 358 cm³/mol. The molecule has 9 heterocycles. The van der Waals surface area contributed by atoms with Crippen LogP contribution in [0.25, 0.3) is 90.9 Å². The van der Waals surface area contributed by atoms with Crippen LogP contribution in [0.3, 0.4) is 0 Å². The van der Waals surface area contributed by atoms with E-state index in [1.165, 1.54) is 24.3 Å². The van der Waals surface area contributed by atoms with Crippen molar-refractivity contribution in [2.75, 3.05) is 26.4 Å². The Bertz CT molecular complexity index is 4760. The first-order chi connectivity index (χ1) is 51.8. The number of fused-ring (bicyclic) bond motifs is 8. The summed E-state index contributed by atoms with van der Waals surface area (Å²) in [6.07, 6.45) is -30.7. The van der Waals surface area contributed by atoms with E-state index in [4.69, 9.17) is 23.7 Å². The van der Waals surface area contributed by atoms with Crippen molar-refractivity contribution < 1.29 is 158 Å². The van der Waals surface area contributed by atoms with Crippen molar-refractivity contribution in [3.05, 3.63) is 141 Å². The van der Waals surface area contributed by atoms with Crippen molar-refractivity contribution >= 4 is 81.7 Å². The van der Waals surface area contributed by atoms with E-state index in [0.717, 1.165) is 48.6 Å². The third kappa shape index (κ3) is 14.2. The highest BCUT2D eigenvalue weighted by atomic mass is 32.2. The summed E-state index contributed by atoms with van der Waals surface area (Å²) in [5, 5.41) is 167. The summed E-state index contributed by atoms with van der Waals surface area (Å²) < 4.78 is 236. The fraction of sp³-hybridized carbons (Fsp3) is 0.362. The second kappa shape index (κ2) is 31.7. The maximum absolute atomic E-state index is 17.6. The van der Waals surface area contributed by atoms with Crippen LogP contribution in [0.2, 0.25) is 0 Å². The number of ether oxygens (including phenoxy) is 5. The molecule has 7 aromatic rings. The van der Waals surface area contributed by atoms with E-state index >= 15 is 52.7 Å². The lowest BCUT2D eigenvalue weighted by Crippen LogP contribution is -2.60. The Morgan fingerprint density at radius 3 is 1.07 bits per heavy atom. The van der Waals surface area contributed by atoms with Crippen LogP contribution in [0.5, 0.6) is 5.75 Å². The number of aliphatic hydroxyl groups excluding tert-OH is 16. The van der Waals surface area contributed by atoms with Crippen LogP contribution >= 0.6 is 35.3 Å². The van der Waals surface area contributed by atoms with Gasteiger partial charge in [-0.25, -0.2) is 62.7 Å². The van der Waals surface area contributed by atoms with Crippen LogP contribution < -0.4 is 4.74 Å². The summed E-state index contributed by atoms with van der Waals surface area (Å²) in [5.74, 6) is -27.7. The average Bonchev–Trinajstić information content (AvgIpc) is 1.40. The van der Waals surface area contributed by atoms with Gasteiger partial charge in [0, 0.05) is 50.7 Å². The molecule has 4 fully saturated rings. The highest BCUT2D eigenvalue weighted by Gasteiger charge is 2.49. The van der Waals surface area contributed by atoms with E-state index in [1.54, 1.807) is 0 Å². The van der Waals surface area contributed by atoms with Gasteiger partial charge in [-0.2, -0.15) is 0 Å². The van der Waals surface area contributed by atoms with Gasteiger partial charge in [0.15, 0.2) is 69.8 Å². The predicted octanol–water partition coefficient (Wildman–Crippen LogP) is 4.24. The van der Waals surface area contributed by atoms with Gasteiger partial charge in [-0.3, -0.25) is 0 Å². The van der Waals surface area contributed by atoms with Crippen molar-refractivity contribution in [2.24, 2.45) is 0 Å². The Hall–Kier alpha value is -7.31. The molecule has 25 nitrogen and oxygen atoms in total. The van der Waals surface area contributed by atoms with Crippen LogP contribution in [0, 0.1) is 69.8 Å². The minimum atomic E-state index is -2.35. The molecule has 6 aliphatic heterocycles. The van der Waals surface area contributed by atoms with Crippen molar-refractivity contribution in [3.63, 3.8) is 0 Å². The quantitative estimate of drug-likeness (QED) is 0.0475. The molecule has 40 heteroatoms. The molecule has 0 aliphatic carbocycles. The topological polar surface area (TPSA) is 427 Å². The molecule has 0 amide bonds. The molecule has 6 aliphatic rings. The van der Waals surface area contributed by atoms with Crippen LogP contribution in [0.15, 0.2) is 63.2 Å². The number of nitrogens with zero attached hydrogens (tertiary/aromatic N) is 2. The molecule has 0 saturated carbocycles. The van der Waals surface area contributed by atoms with Gasteiger partial charge in [-0.05, 0) is 66.3 Å². The lowest BCUT2D eigenvalue weighted by Gasteiger charge is -2.39. The number of benzene rings is 4. The summed E-state index contributed by atoms with van der Waals surface area (Å²) >= 11 is -0.663. The smallest absolute Gasteiger partial charge is 0.229 e. The molecule has 0 radical (unpaired) electrons. The minimum Gasteiger partial charge on any atom is -0.462 e. The van der Waals surface area contributed by atoms with Gasteiger partial charge in [0.25, 0.3) is 0 Å². The van der Waals surface area contributed by atoms with E-state index in [0.29, 0.717) is 0 Å². The molecular formula is C69H60F12N4O21S3. The number of rotatable bonds is 16. The molecule has 12 unspecified atom stereocenters. The number of hydrogen-bond donors (Lipinski definition) is 18. The fourth-order valence-corrected chi connectivity index (χ4v) is 16.5. The Labute approximate surface area is 616 Å². The summed E-state index contributed by atoms with van der Waals surface area (Å²) in [6.45, 7) is -4.13. The van der Waals surface area contributed by atoms with Crippen molar-refractivity contribution in [1.82, 2.24) is 19.9 Å². The number of hydrogen-bond acceptors (Lipinski definition) is 26.